The molecule has 0 spiro atoms. The van der Waals surface area contributed by atoms with Gasteiger partial charge in [-0.15, -0.1) is 0 Å². The molecule has 0 unspecified atom stereocenters. The van der Waals surface area contributed by atoms with Gasteiger partial charge in [0.05, 0.1) is 5.71 Å². The Morgan fingerprint density at radius 2 is 2.06 bits per heavy atom. The van der Waals surface area contributed by atoms with Crippen LogP contribution in [0.3, 0.4) is 0 Å². The largest absolute Gasteiger partial charge is 0.273 e. The molecule has 1 aromatic rings. The topological polar surface area (TPSA) is 54.4 Å². The molecule has 86 valence electrons. The van der Waals surface area contributed by atoms with Crippen LogP contribution in [0.15, 0.2) is 29.6 Å². The van der Waals surface area contributed by atoms with Gasteiger partial charge in [0, 0.05) is 24.4 Å². The summed E-state index contributed by atoms with van der Waals surface area (Å²) in [4.78, 5) is 15.3. The van der Waals surface area contributed by atoms with Crippen molar-refractivity contribution < 1.29 is 4.79 Å². The number of amides is 1. The summed E-state index contributed by atoms with van der Waals surface area (Å²) < 4.78 is 0. The molecule has 0 fully saturated rings. The second kappa shape index (κ2) is 6.00. The Kier molecular flexibility index (Phi) is 4.64. The number of hydrogen-bond acceptors (Lipinski definition) is 3. The molecule has 0 aliphatic heterocycles. The minimum Gasteiger partial charge on any atom is -0.273 e. The van der Waals surface area contributed by atoms with Crippen LogP contribution in [0.5, 0.6) is 0 Å². The number of rotatable bonds is 4. The lowest BCUT2D eigenvalue weighted by Crippen LogP contribution is -2.20. The highest BCUT2D eigenvalue weighted by Crippen LogP contribution is 2.00. The molecule has 0 aliphatic rings. The average molecular weight is 219 g/mol. The van der Waals surface area contributed by atoms with Gasteiger partial charge in [-0.2, -0.15) is 5.10 Å². The van der Waals surface area contributed by atoms with Gasteiger partial charge >= 0.3 is 0 Å². The Bertz CT molecular complexity index is 371. The summed E-state index contributed by atoms with van der Waals surface area (Å²) in [5.74, 6) is 0.292. The minimum atomic E-state index is -0.0524. The maximum Gasteiger partial charge on any atom is 0.240 e. The van der Waals surface area contributed by atoms with Crippen molar-refractivity contribution >= 4 is 11.6 Å². The fourth-order valence-corrected chi connectivity index (χ4v) is 1.22. The summed E-state index contributed by atoms with van der Waals surface area (Å²) in [6.07, 6.45) is 3.89. The van der Waals surface area contributed by atoms with E-state index in [1.165, 1.54) is 0 Å². The summed E-state index contributed by atoms with van der Waals surface area (Å²) in [6, 6.07) is 3.71. The van der Waals surface area contributed by atoms with Crippen molar-refractivity contribution in [1.29, 1.82) is 0 Å². The molecule has 16 heavy (non-hydrogen) atoms. The lowest BCUT2D eigenvalue weighted by molar-refractivity contribution is -0.121. The number of hydrazone groups is 1. The third kappa shape index (κ3) is 4.21. The van der Waals surface area contributed by atoms with Crippen LogP contribution in [0.2, 0.25) is 0 Å². The van der Waals surface area contributed by atoms with Gasteiger partial charge in [0.1, 0.15) is 0 Å². The SMILES string of the molecule is CC(=NNC(=O)CC(C)C)c1ccncc1. The summed E-state index contributed by atoms with van der Waals surface area (Å²) in [5.41, 5.74) is 4.28. The zero-order valence-corrected chi connectivity index (χ0v) is 9.90. The van der Waals surface area contributed by atoms with Crippen molar-refractivity contribution in [2.75, 3.05) is 0 Å². The van der Waals surface area contributed by atoms with Crippen LogP contribution in [0.1, 0.15) is 32.8 Å². The van der Waals surface area contributed by atoms with E-state index in [4.69, 9.17) is 0 Å². The summed E-state index contributed by atoms with van der Waals surface area (Å²) >= 11 is 0. The first-order chi connectivity index (χ1) is 7.59. The van der Waals surface area contributed by atoms with E-state index >= 15 is 0 Å². The third-order valence-electron chi connectivity index (χ3n) is 2.04. The van der Waals surface area contributed by atoms with Crippen molar-refractivity contribution in [3.05, 3.63) is 30.1 Å². The normalized spacial score (nSPS) is 11.6. The molecule has 0 bridgehead atoms. The molecule has 1 heterocycles. The molecule has 0 saturated heterocycles. The number of hydrogen-bond donors (Lipinski definition) is 1. The Morgan fingerprint density at radius 3 is 2.62 bits per heavy atom. The van der Waals surface area contributed by atoms with E-state index in [2.05, 4.69) is 15.5 Å². The van der Waals surface area contributed by atoms with E-state index in [0.29, 0.717) is 12.3 Å². The zero-order chi connectivity index (χ0) is 12.0. The molecular weight excluding hydrogens is 202 g/mol. The van der Waals surface area contributed by atoms with Gasteiger partial charge in [-0.3, -0.25) is 9.78 Å². The Hall–Kier alpha value is -1.71. The first-order valence-electron chi connectivity index (χ1n) is 5.33. The maximum atomic E-state index is 11.4. The smallest absolute Gasteiger partial charge is 0.240 e. The average Bonchev–Trinajstić information content (AvgIpc) is 2.26. The van der Waals surface area contributed by atoms with Gasteiger partial charge in [-0.25, -0.2) is 5.43 Å². The van der Waals surface area contributed by atoms with E-state index in [-0.39, 0.29) is 5.91 Å². The molecule has 1 N–H and O–H groups in total. The van der Waals surface area contributed by atoms with Crippen LogP contribution in [0.25, 0.3) is 0 Å². The molecule has 1 aromatic heterocycles. The van der Waals surface area contributed by atoms with Crippen LogP contribution in [-0.4, -0.2) is 16.6 Å². The van der Waals surface area contributed by atoms with Crippen LogP contribution in [-0.2, 0) is 4.79 Å². The van der Waals surface area contributed by atoms with Crippen LogP contribution in [0, 0.1) is 5.92 Å². The standard InChI is InChI=1S/C12H17N3O/c1-9(2)8-12(16)15-14-10(3)11-4-6-13-7-5-11/h4-7,9H,8H2,1-3H3,(H,15,16). The van der Waals surface area contributed by atoms with E-state index in [0.717, 1.165) is 11.3 Å². The lowest BCUT2D eigenvalue weighted by atomic mass is 10.1. The first-order valence-corrected chi connectivity index (χ1v) is 5.33. The quantitative estimate of drug-likeness (QED) is 0.621. The maximum absolute atomic E-state index is 11.4. The van der Waals surface area contributed by atoms with Crippen LogP contribution in [0.4, 0.5) is 0 Å². The summed E-state index contributed by atoms with van der Waals surface area (Å²) in [6.45, 7) is 5.85. The molecule has 1 rings (SSSR count). The predicted molar refractivity (Wildman–Crippen MR) is 64.0 cm³/mol. The molecule has 4 nitrogen and oxygen atoms in total. The van der Waals surface area contributed by atoms with Crippen molar-refractivity contribution in [2.24, 2.45) is 11.0 Å². The predicted octanol–water partition coefficient (Wildman–Crippen LogP) is 1.97. The highest BCUT2D eigenvalue weighted by molar-refractivity contribution is 5.99. The van der Waals surface area contributed by atoms with Crippen molar-refractivity contribution in [1.82, 2.24) is 10.4 Å². The van der Waals surface area contributed by atoms with Crippen LogP contribution >= 0.6 is 0 Å². The molecule has 0 saturated carbocycles. The molecular formula is C12H17N3O. The van der Waals surface area contributed by atoms with Gasteiger partial charge in [0.15, 0.2) is 0 Å². The van der Waals surface area contributed by atoms with E-state index < -0.39 is 0 Å². The highest BCUT2D eigenvalue weighted by Gasteiger charge is 2.03. The zero-order valence-electron chi connectivity index (χ0n) is 9.90. The van der Waals surface area contributed by atoms with E-state index in [9.17, 15) is 4.79 Å². The van der Waals surface area contributed by atoms with Crippen molar-refractivity contribution in [3.63, 3.8) is 0 Å². The summed E-state index contributed by atoms with van der Waals surface area (Å²) in [7, 11) is 0. The van der Waals surface area contributed by atoms with Gasteiger partial charge in [0.25, 0.3) is 0 Å². The molecule has 0 radical (unpaired) electrons. The number of nitrogens with zero attached hydrogens (tertiary/aromatic N) is 2. The van der Waals surface area contributed by atoms with Crippen molar-refractivity contribution in [2.45, 2.75) is 27.2 Å². The number of carbonyl (C=O) groups is 1. The van der Waals surface area contributed by atoms with Gasteiger partial charge < -0.3 is 0 Å². The van der Waals surface area contributed by atoms with Crippen molar-refractivity contribution in [3.8, 4) is 0 Å². The van der Waals surface area contributed by atoms with Gasteiger partial charge in [-0.1, -0.05) is 13.8 Å². The Balaban J connectivity index is 2.55. The third-order valence-corrected chi connectivity index (χ3v) is 2.04. The fraction of sp³-hybridized carbons (Fsp3) is 0.417. The van der Waals surface area contributed by atoms with Crippen LogP contribution < -0.4 is 5.43 Å². The monoisotopic (exact) mass is 219 g/mol. The molecule has 0 aliphatic carbocycles. The Labute approximate surface area is 95.8 Å². The molecule has 0 atom stereocenters. The highest BCUT2D eigenvalue weighted by atomic mass is 16.2. The number of pyridine rings is 1. The van der Waals surface area contributed by atoms with E-state index in [1.807, 2.05) is 32.9 Å². The second-order valence-corrected chi connectivity index (χ2v) is 4.07. The number of carbonyl (C=O) groups excluding carboxylic acids is 1. The molecule has 4 heteroatoms. The first kappa shape index (κ1) is 12.4. The molecule has 0 aromatic carbocycles. The minimum absolute atomic E-state index is 0.0524. The lowest BCUT2D eigenvalue weighted by Gasteiger charge is -2.04. The van der Waals surface area contributed by atoms with E-state index in [1.54, 1.807) is 12.4 Å². The molecule has 1 amide bonds. The fourth-order valence-electron chi connectivity index (χ4n) is 1.22. The second-order valence-electron chi connectivity index (χ2n) is 4.07. The summed E-state index contributed by atoms with van der Waals surface area (Å²) in [5, 5.41) is 4.04. The van der Waals surface area contributed by atoms with Gasteiger partial charge in [-0.05, 0) is 25.0 Å². The number of aromatic nitrogens is 1. The Morgan fingerprint density at radius 1 is 1.44 bits per heavy atom. The number of nitrogens with one attached hydrogen (secondary N) is 1. The van der Waals surface area contributed by atoms with Gasteiger partial charge in [0.2, 0.25) is 5.91 Å².